The molecule has 7 N–H and O–H groups in total. The van der Waals surface area contributed by atoms with E-state index in [1.165, 1.54) is 0 Å². The van der Waals surface area contributed by atoms with Crippen molar-refractivity contribution < 1.29 is 38.9 Å². The number of aliphatic carboxylic acids is 1. The van der Waals surface area contributed by atoms with Crippen LogP contribution in [0.15, 0.2) is 0 Å². The summed E-state index contributed by atoms with van der Waals surface area (Å²) >= 11 is 3.77. The molecule has 0 aliphatic carbocycles. The third-order valence-corrected chi connectivity index (χ3v) is 4.14. The number of carboxylic acid groups (broad SMARTS) is 1. The molecule has 0 spiro atoms. The molecule has 4 amide bonds. The van der Waals surface area contributed by atoms with E-state index in [2.05, 4.69) is 16.0 Å². The Kier molecular flexibility index (Phi) is 13.2. The lowest BCUT2D eigenvalue weighted by atomic mass is 10.0. The molecule has 0 aromatic rings. The summed E-state index contributed by atoms with van der Waals surface area (Å²) in [5, 5.41) is 25.0. The van der Waals surface area contributed by atoms with Crippen LogP contribution >= 0.6 is 45.2 Å². The molecule has 0 aromatic heterocycles. The molecular formula is C17H28I2N4O8. The third-order valence-electron chi connectivity index (χ3n) is 3.70. The molecule has 0 saturated carbocycles. The number of carboxylic acids is 1. The van der Waals surface area contributed by atoms with Gasteiger partial charge in [0.15, 0.2) is 0 Å². The van der Waals surface area contributed by atoms with Crippen LogP contribution in [0.25, 0.3) is 0 Å². The number of nitrogens with two attached hydrogens (primary N) is 1. The van der Waals surface area contributed by atoms with E-state index >= 15 is 0 Å². The van der Waals surface area contributed by atoms with Gasteiger partial charge in [0.05, 0.1) is 6.61 Å². The lowest BCUT2D eigenvalue weighted by molar-refractivity contribution is -0.143. The molecule has 0 heterocycles. The van der Waals surface area contributed by atoms with Crippen molar-refractivity contribution in [3.8, 4) is 0 Å². The maximum atomic E-state index is 12.8. The van der Waals surface area contributed by atoms with Crippen molar-refractivity contribution in [1.82, 2.24) is 16.0 Å². The zero-order chi connectivity index (χ0) is 24.4. The van der Waals surface area contributed by atoms with Gasteiger partial charge in [-0.05, 0) is 70.9 Å². The molecule has 0 aliphatic rings. The SMILES string of the molecule is CC(C)C[C@H](NC(=O)OC(C)(I)I)C(=O)N[C@H](CCC(N)=O)C(=O)N[C@@H](CO)C(=O)O. The first kappa shape index (κ1) is 29.6. The molecule has 0 fully saturated rings. The number of alkyl carbamates (subject to hydrolysis) is 1. The van der Waals surface area contributed by atoms with Gasteiger partial charge in [0.2, 0.25) is 19.3 Å². The van der Waals surface area contributed by atoms with E-state index in [4.69, 9.17) is 20.7 Å². The normalized spacial score (nSPS) is 14.2. The van der Waals surface area contributed by atoms with E-state index in [0.29, 0.717) is 0 Å². The molecule has 0 radical (unpaired) electrons. The Morgan fingerprint density at radius 1 is 1.00 bits per heavy atom. The summed E-state index contributed by atoms with van der Waals surface area (Å²) in [5.74, 6) is -3.86. The van der Waals surface area contributed by atoms with Gasteiger partial charge in [-0.15, -0.1) is 0 Å². The van der Waals surface area contributed by atoms with Gasteiger partial charge in [-0.2, -0.15) is 0 Å². The predicted octanol–water partition coefficient (Wildman–Crippen LogP) is -0.0170. The quantitative estimate of drug-likeness (QED) is 0.116. The highest BCUT2D eigenvalue weighted by Crippen LogP contribution is 2.28. The largest absolute Gasteiger partial charge is 0.480 e. The van der Waals surface area contributed by atoms with E-state index in [1.54, 1.807) is 6.92 Å². The van der Waals surface area contributed by atoms with Crippen molar-refractivity contribution >= 4 is 75.0 Å². The number of aliphatic hydroxyl groups excluding tert-OH is 1. The molecule has 0 bridgehead atoms. The predicted molar refractivity (Wildman–Crippen MR) is 126 cm³/mol. The fourth-order valence-electron chi connectivity index (χ4n) is 2.32. The average Bonchev–Trinajstić information content (AvgIpc) is 2.59. The Labute approximate surface area is 207 Å². The number of hydrogen-bond donors (Lipinski definition) is 6. The number of halogens is 2. The van der Waals surface area contributed by atoms with E-state index < -0.39 is 56.1 Å². The van der Waals surface area contributed by atoms with Gasteiger partial charge in [0, 0.05) is 6.42 Å². The van der Waals surface area contributed by atoms with Crippen LogP contribution in [0, 0.1) is 5.92 Å². The summed E-state index contributed by atoms with van der Waals surface area (Å²) in [7, 11) is 0. The molecule has 0 aromatic carbocycles. The summed E-state index contributed by atoms with van der Waals surface area (Å²) in [6, 6.07) is -3.97. The van der Waals surface area contributed by atoms with E-state index in [0.717, 1.165) is 0 Å². The molecule has 0 saturated heterocycles. The van der Waals surface area contributed by atoms with E-state index in [1.807, 2.05) is 59.0 Å². The minimum atomic E-state index is -1.59. The van der Waals surface area contributed by atoms with Crippen LogP contribution in [-0.2, 0) is 23.9 Å². The fraction of sp³-hybridized carbons (Fsp3) is 0.706. The Bertz CT molecular complexity index is 669. The Balaban J connectivity index is 5.44. The zero-order valence-corrected chi connectivity index (χ0v) is 21.6. The number of aliphatic hydroxyl groups is 1. The highest BCUT2D eigenvalue weighted by molar-refractivity contribution is 14.2. The number of carbonyl (C=O) groups excluding carboxylic acids is 4. The van der Waals surface area contributed by atoms with Crippen molar-refractivity contribution in [3.63, 3.8) is 0 Å². The average molecular weight is 670 g/mol. The van der Waals surface area contributed by atoms with Crippen LogP contribution in [0.3, 0.4) is 0 Å². The van der Waals surface area contributed by atoms with Gasteiger partial charge in [0.25, 0.3) is 0 Å². The third kappa shape index (κ3) is 13.6. The van der Waals surface area contributed by atoms with Crippen LogP contribution in [0.5, 0.6) is 0 Å². The lowest BCUT2D eigenvalue weighted by Gasteiger charge is -2.25. The summed E-state index contributed by atoms with van der Waals surface area (Å²) in [4.78, 5) is 59.5. The number of ether oxygens (including phenoxy) is 1. The molecule has 12 nitrogen and oxygen atoms in total. The second-order valence-electron chi connectivity index (χ2n) is 7.17. The second-order valence-corrected chi connectivity index (χ2v) is 13.4. The zero-order valence-electron chi connectivity index (χ0n) is 17.3. The smallest absolute Gasteiger partial charge is 0.409 e. The minimum absolute atomic E-state index is 0.00897. The molecule has 0 unspecified atom stereocenters. The Morgan fingerprint density at radius 2 is 1.52 bits per heavy atom. The lowest BCUT2D eigenvalue weighted by Crippen LogP contribution is -2.56. The molecular weight excluding hydrogens is 642 g/mol. The first-order valence-corrected chi connectivity index (χ1v) is 11.4. The first-order chi connectivity index (χ1) is 14.2. The standard InChI is InChI=1S/C17H28I2N4O8/c1-8(2)6-10(23-16(30)31-17(3,18)19)14(27)21-9(4-5-12(20)25)13(26)22-11(7-24)15(28)29/h8-11,24H,4-7H2,1-3H3,(H2,20,25)(H,21,27)(H,22,26)(H,23,30)(H,28,29)/t9-,10+,11+/m1/s1. The van der Waals surface area contributed by atoms with E-state index in [9.17, 15) is 24.0 Å². The van der Waals surface area contributed by atoms with Crippen molar-refractivity contribution in [1.29, 1.82) is 0 Å². The molecule has 14 heteroatoms. The number of nitrogens with one attached hydrogen (secondary N) is 3. The van der Waals surface area contributed by atoms with Gasteiger partial charge in [-0.25, -0.2) is 9.59 Å². The number of alkyl halides is 2. The number of primary amides is 1. The maximum absolute atomic E-state index is 12.8. The van der Waals surface area contributed by atoms with Crippen LogP contribution in [0.1, 0.15) is 40.0 Å². The van der Waals surface area contributed by atoms with Crippen LogP contribution < -0.4 is 21.7 Å². The summed E-state index contributed by atoms with van der Waals surface area (Å²) < 4.78 is 4.29. The highest BCUT2D eigenvalue weighted by Gasteiger charge is 2.31. The Morgan fingerprint density at radius 3 is 1.94 bits per heavy atom. The van der Waals surface area contributed by atoms with Crippen LogP contribution in [-0.4, -0.2) is 66.3 Å². The number of amides is 4. The van der Waals surface area contributed by atoms with Crippen molar-refractivity contribution in [2.45, 2.75) is 59.8 Å². The van der Waals surface area contributed by atoms with Gasteiger partial charge in [-0.3, -0.25) is 14.4 Å². The van der Waals surface area contributed by atoms with Crippen molar-refractivity contribution in [3.05, 3.63) is 0 Å². The topological polar surface area (TPSA) is 197 Å². The van der Waals surface area contributed by atoms with Gasteiger partial charge < -0.3 is 36.6 Å². The van der Waals surface area contributed by atoms with Gasteiger partial charge in [0.1, 0.15) is 18.1 Å². The fourth-order valence-corrected chi connectivity index (χ4v) is 2.72. The second kappa shape index (κ2) is 13.9. The highest BCUT2D eigenvalue weighted by atomic mass is 127. The van der Waals surface area contributed by atoms with Gasteiger partial charge in [-0.1, -0.05) is 13.8 Å². The minimum Gasteiger partial charge on any atom is -0.480 e. The number of carbonyl (C=O) groups is 5. The molecule has 178 valence electrons. The molecule has 0 rings (SSSR count). The van der Waals surface area contributed by atoms with Crippen LogP contribution in [0.2, 0.25) is 0 Å². The summed E-state index contributed by atoms with van der Waals surface area (Å²) in [5.41, 5.74) is 5.11. The van der Waals surface area contributed by atoms with Crippen molar-refractivity contribution in [2.75, 3.05) is 6.61 Å². The monoisotopic (exact) mass is 670 g/mol. The Hall–Kier alpha value is -1.43. The summed E-state index contributed by atoms with van der Waals surface area (Å²) in [6.45, 7) is 4.41. The van der Waals surface area contributed by atoms with E-state index in [-0.39, 0.29) is 25.2 Å². The molecule has 0 aliphatic heterocycles. The maximum Gasteiger partial charge on any atom is 0.409 e. The van der Waals surface area contributed by atoms with Gasteiger partial charge >= 0.3 is 12.1 Å². The number of rotatable bonds is 13. The first-order valence-electron chi connectivity index (χ1n) is 9.26. The van der Waals surface area contributed by atoms with Crippen molar-refractivity contribution in [2.24, 2.45) is 11.7 Å². The van der Waals surface area contributed by atoms with Crippen LogP contribution in [0.4, 0.5) is 4.79 Å². The molecule has 3 atom stereocenters. The molecule has 31 heavy (non-hydrogen) atoms. The summed E-state index contributed by atoms with van der Waals surface area (Å²) in [6.07, 6.45) is -1.08. The number of hydrogen-bond acceptors (Lipinski definition) is 7.